The molecule has 140 valence electrons. The number of halogens is 3. The number of rotatable bonds is 1. The second-order valence-corrected chi connectivity index (χ2v) is 7.05. The highest BCUT2D eigenvalue weighted by Gasteiger charge is 2.49. The standard InChI is InChI=1S/C18H19F3N2O3/c1-23(14-8-9-15(24)22-16(14)25)10-3-2-5-11-12(17(23)26)6-4-7-13(11)18(19,20)21/h4,6-7,14H,2-3,5,8-10H2,1H3/p+1. The van der Waals surface area contributed by atoms with Gasteiger partial charge in [0, 0.05) is 12.8 Å². The molecule has 2 aliphatic heterocycles. The molecular formula is C18H20F3N2O3+. The van der Waals surface area contributed by atoms with Crippen LogP contribution in [0.2, 0.25) is 0 Å². The van der Waals surface area contributed by atoms with Gasteiger partial charge >= 0.3 is 12.1 Å². The maximum atomic E-state index is 13.4. The van der Waals surface area contributed by atoms with E-state index < -0.39 is 35.5 Å². The predicted octanol–water partition coefficient (Wildman–Crippen LogP) is 2.43. The van der Waals surface area contributed by atoms with Crippen LogP contribution in [0.4, 0.5) is 13.2 Å². The maximum absolute atomic E-state index is 13.4. The molecule has 1 fully saturated rings. The van der Waals surface area contributed by atoms with Crippen LogP contribution in [0.25, 0.3) is 0 Å². The van der Waals surface area contributed by atoms with Gasteiger partial charge in [0.25, 0.3) is 5.91 Å². The number of fused-ring (bicyclic) bond motifs is 1. The van der Waals surface area contributed by atoms with Gasteiger partial charge in [-0.15, -0.1) is 0 Å². The number of piperidine rings is 1. The Bertz CT molecular complexity index is 775. The number of hydrogen-bond acceptors (Lipinski definition) is 3. The van der Waals surface area contributed by atoms with E-state index in [4.69, 9.17) is 0 Å². The third-order valence-corrected chi connectivity index (χ3v) is 5.37. The van der Waals surface area contributed by atoms with Gasteiger partial charge in [-0.25, -0.2) is 9.28 Å². The largest absolute Gasteiger partial charge is 0.416 e. The zero-order valence-corrected chi connectivity index (χ0v) is 14.4. The fraction of sp³-hybridized carbons (Fsp3) is 0.500. The number of imide groups is 1. The quantitative estimate of drug-likeness (QED) is 0.611. The monoisotopic (exact) mass is 369 g/mol. The molecule has 3 amide bonds. The lowest BCUT2D eigenvalue weighted by Gasteiger charge is -2.40. The van der Waals surface area contributed by atoms with Gasteiger partial charge in [-0.2, -0.15) is 13.2 Å². The number of quaternary nitrogens is 1. The van der Waals surface area contributed by atoms with Crippen molar-refractivity contribution >= 4 is 17.7 Å². The van der Waals surface area contributed by atoms with Gasteiger partial charge in [-0.1, -0.05) is 6.07 Å². The summed E-state index contributed by atoms with van der Waals surface area (Å²) >= 11 is 0. The summed E-state index contributed by atoms with van der Waals surface area (Å²) in [4.78, 5) is 37.0. The Kier molecular flexibility index (Phi) is 4.64. The highest BCUT2D eigenvalue weighted by atomic mass is 19.4. The van der Waals surface area contributed by atoms with Crippen molar-refractivity contribution in [3.63, 3.8) is 0 Å². The number of amides is 3. The number of likely N-dealkylation sites (N-methyl/N-ethyl adjacent to an activating group) is 1. The summed E-state index contributed by atoms with van der Waals surface area (Å²) in [7, 11) is 1.58. The molecule has 0 bridgehead atoms. The van der Waals surface area contributed by atoms with Crippen molar-refractivity contribution in [2.24, 2.45) is 0 Å². The van der Waals surface area contributed by atoms with Gasteiger partial charge in [-0.3, -0.25) is 14.9 Å². The van der Waals surface area contributed by atoms with Gasteiger partial charge in [0.05, 0.1) is 24.7 Å². The number of carbonyl (C=O) groups is 3. The third-order valence-electron chi connectivity index (χ3n) is 5.37. The highest BCUT2D eigenvalue weighted by Crippen LogP contribution is 2.37. The first-order chi connectivity index (χ1) is 12.1. The van der Waals surface area contributed by atoms with E-state index in [1.165, 1.54) is 12.1 Å². The average molecular weight is 369 g/mol. The number of nitrogens with zero attached hydrogens (tertiary/aromatic N) is 1. The zero-order valence-electron chi connectivity index (χ0n) is 14.4. The SMILES string of the molecule is C[N+]1(C2CCC(=O)NC2=O)CCCCc2c(cccc2C(F)(F)F)C1=O. The molecule has 2 aliphatic rings. The molecule has 1 N–H and O–H groups in total. The van der Waals surface area contributed by atoms with Crippen molar-refractivity contribution in [1.29, 1.82) is 0 Å². The molecule has 5 nitrogen and oxygen atoms in total. The molecule has 0 aromatic heterocycles. The first-order valence-electron chi connectivity index (χ1n) is 8.57. The minimum Gasteiger partial charge on any atom is -0.291 e. The fourth-order valence-electron chi connectivity index (χ4n) is 3.96. The summed E-state index contributed by atoms with van der Waals surface area (Å²) in [5.41, 5.74) is -0.770. The lowest BCUT2D eigenvalue weighted by molar-refractivity contribution is -0.846. The van der Waals surface area contributed by atoms with Crippen LogP contribution in [0.15, 0.2) is 18.2 Å². The topological polar surface area (TPSA) is 63.2 Å². The second kappa shape index (κ2) is 6.50. The van der Waals surface area contributed by atoms with Crippen LogP contribution in [0, 0.1) is 0 Å². The van der Waals surface area contributed by atoms with Crippen LogP contribution in [0.5, 0.6) is 0 Å². The summed E-state index contributed by atoms with van der Waals surface area (Å²) in [6.07, 6.45) is -3.02. The van der Waals surface area contributed by atoms with Crippen LogP contribution >= 0.6 is 0 Å². The zero-order chi connectivity index (χ0) is 19.1. The molecule has 1 aromatic rings. The Morgan fingerprint density at radius 1 is 1.12 bits per heavy atom. The van der Waals surface area contributed by atoms with Gasteiger partial charge in [0.15, 0.2) is 6.04 Å². The molecule has 0 spiro atoms. The van der Waals surface area contributed by atoms with Crippen molar-refractivity contribution < 1.29 is 32.0 Å². The number of hydrogen-bond donors (Lipinski definition) is 1. The van der Waals surface area contributed by atoms with E-state index in [9.17, 15) is 27.6 Å². The van der Waals surface area contributed by atoms with Crippen LogP contribution < -0.4 is 5.32 Å². The van der Waals surface area contributed by atoms with Crippen molar-refractivity contribution in [2.75, 3.05) is 13.6 Å². The molecule has 2 unspecified atom stereocenters. The molecular weight excluding hydrogens is 349 g/mol. The minimum absolute atomic E-state index is 0.00124. The number of carbonyl (C=O) groups excluding carboxylic acids is 3. The molecule has 0 aliphatic carbocycles. The van der Waals surface area contributed by atoms with Gasteiger partial charge in [0.2, 0.25) is 5.91 Å². The number of benzene rings is 1. The first-order valence-corrected chi connectivity index (χ1v) is 8.57. The van der Waals surface area contributed by atoms with E-state index >= 15 is 0 Å². The second-order valence-electron chi connectivity index (χ2n) is 7.05. The Hall–Kier alpha value is -2.22. The molecule has 2 heterocycles. The van der Waals surface area contributed by atoms with E-state index in [1.807, 2.05) is 0 Å². The summed E-state index contributed by atoms with van der Waals surface area (Å²) in [5, 5.41) is 2.24. The summed E-state index contributed by atoms with van der Waals surface area (Å²) in [5.74, 6) is -1.43. The van der Waals surface area contributed by atoms with E-state index in [2.05, 4.69) is 5.32 Å². The summed E-state index contributed by atoms with van der Waals surface area (Å²) in [6.45, 7) is 0.348. The summed E-state index contributed by atoms with van der Waals surface area (Å²) < 4.78 is 39.8. The van der Waals surface area contributed by atoms with Crippen molar-refractivity contribution in [3.05, 3.63) is 34.9 Å². The molecule has 0 saturated carbocycles. The summed E-state index contributed by atoms with van der Waals surface area (Å²) in [6, 6.07) is 2.85. The van der Waals surface area contributed by atoms with Crippen LogP contribution in [0.1, 0.15) is 47.2 Å². The fourth-order valence-corrected chi connectivity index (χ4v) is 3.96. The van der Waals surface area contributed by atoms with Crippen molar-refractivity contribution in [2.45, 2.75) is 44.3 Å². The molecule has 0 radical (unpaired) electrons. The van der Waals surface area contributed by atoms with E-state index in [0.717, 1.165) is 6.07 Å². The third kappa shape index (κ3) is 3.13. The maximum Gasteiger partial charge on any atom is 0.416 e. The number of alkyl halides is 3. The van der Waals surface area contributed by atoms with Gasteiger partial charge in [-0.05, 0) is 37.0 Å². The van der Waals surface area contributed by atoms with Crippen molar-refractivity contribution in [3.8, 4) is 0 Å². The average Bonchev–Trinajstić information content (AvgIpc) is 2.55. The van der Waals surface area contributed by atoms with E-state index in [1.54, 1.807) is 7.05 Å². The number of nitrogens with one attached hydrogen (secondary N) is 1. The highest BCUT2D eigenvalue weighted by molar-refractivity contribution is 6.01. The molecule has 3 rings (SSSR count). The van der Waals surface area contributed by atoms with Crippen LogP contribution in [-0.4, -0.2) is 41.8 Å². The smallest absolute Gasteiger partial charge is 0.291 e. The van der Waals surface area contributed by atoms with E-state index in [0.29, 0.717) is 19.4 Å². The Morgan fingerprint density at radius 2 is 1.85 bits per heavy atom. The molecule has 26 heavy (non-hydrogen) atoms. The van der Waals surface area contributed by atoms with Crippen LogP contribution in [0.3, 0.4) is 0 Å². The Labute approximate surface area is 148 Å². The van der Waals surface area contributed by atoms with E-state index in [-0.39, 0.29) is 34.9 Å². The Morgan fingerprint density at radius 3 is 2.50 bits per heavy atom. The Balaban J connectivity index is 2.08. The minimum atomic E-state index is -4.54. The molecule has 1 aromatic carbocycles. The van der Waals surface area contributed by atoms with Crippen molar-refractivity contribution in [1.82, 2.24) is 5.32 Å². The predicted molar refractivity (Wildman–Crippen MR) is 85.9 cm³/mol. The molecule has 2 atom stereocenters. The lowest BCUT2D eigenvalue weighted by atomic mass is 9.90. The molecule has 1 saturated heterocycles. The molecule has 8 heteroatoms. The first kappa shape index (κ1) is 18.6. The van der Waals surface area contributed by atoms with Gasteiger partial charge < -0.3 is 0 Å². The van der Waals surface area contributed by atoms with Gasteiger partial charge in [0.1, 0.15) is 0 Å². The lowest BCUT2D eigenvalue weighted by Crippen LogP contribution is -2.64. The van der Waals surface area contributed by atoms with Crippen LogP contribution in [-0.2, 0) is 22.2 Å². The normalized spacial score (nSPS) is 27.4.